The molecule has 1 amide bonds. The maximum Gasteiger partial charge on any atom is 0.240 e. The molecule has 0 spiro atoms. The second-order valence-corrected chi connectivity index (χ2v) is 5.68. The topological polar surface area (TPSA) is 82.4 Å². The van der Waals surface area contributed by atoms with Crippen molar-refractivity contribution in [3.05, 3.63) is 36.0 Å². The lowest BCUT2D eigenvalue weighted by atomic mass is 10.0. The number of hydrogen-bond acceptors (Lipinski definition) is 3. The molecule has 0 radical (unpaired) electrons. The monoisotopic (exact) mass is 287 g/mol. The van der Waals surface area contributed by atoms with Crippen LogP contribution >= 0.6 is 0 Å². The predicted molar refractivity (Wildman–Crippen MR) is 81.8 cm³/mol. The van der Waals surface area contributed by atoms with Gasteiger partial charge in [-0.25, -0.2) is 0 Å². The largest absolute Gasteiger partial charge is 0.394 e. The zero-order valence-corrected chi connectivity index (χ0v) is 12.0. The Balaban J connectivity index is 1.74. The molecule has 0 bridgehead atoms. The number of aliphatic hydroxyl groups is 1. The second-order valence-electron chi connectivity index (χ2n) is 5.68. The van der Waals surface area contributed by atoms with E-state index in [1.165, 1.54) is 0 Å². The molecule has 2 atom stereocenters. The summed E-state index contributed by atoms with van der Waals surface area (Å²) in [6, 6.07) is 7.38. The highest BCUT2D eigenvalue weighted by molar-refractivity contribution is 5.86. The summed E-state index contributed by atoms with van der Waals surface area (Å²) < 4.78 is 0. The van der Waals surface area contributed by atoms with E-state index >= 15 is 0 Å². The molecule has 1 fully saturated rings. The molecule has 4 N–H and O–H groups in total. The van der Waals surface area contributed by atoms with E-state index < -0.39 is 6.04 Å². The molecule has 1 aliphatic rings. The van der Waals surface area contributed by atoms with Gasteiger partial charge in [-0.15, -0.1) is 0 Å². The van der Waals surface area contributed by atoms with Crippen molar-refractivity contribution in [2.45, 2.75) is 31.3 Å². The van der Waals surface area contributed by atoms with Gasteiger partial charge >= 0.3 is 0 Å². The van der Waals surface area contributed by atoms with Crippen LogP contribution in [0.5, 0.6) is 0 Å². The maximum absolute atomic E-state index is 12.5. The molecule has 112 valence electrons. The van der Waals surface area contributed by atoms with E-state index in [4.69, 9.17) is 5.73 Å². The summed E-state index contributed by atoms with van der Waals surface area (Å²) in [5.74, 6) is -0.0585. The van der Waals surface area contributed by atoms with E-state index in [1.54, 1.807) is 4.90 Å². The smallest absolute Gasteiger partial charge is 0.240 e. The molecule has 1 unspecified atom stereocenters. The van der Waals surface area contributed by atoms with Crippen LogP contribution in [0.1, 0.15) is 18.4 Å². The van der Waals surface area contributed by atoms with Gasteiger partial charge in [-0.05, 0) is 30.9 Å². The Bertz CT molecular complexity index is 637. The zero-order chi connectivity index (χ0) is 14.8. The Morgan fingerprint density at radius 3 is 3.10 bits per heavy atom. The van der Waals surface area contributed by atoms with Crippen molar-refractivity contribution in [2.75, 3.05) is 13.2 Å². The number of aliphatic hydroxyl groups excluding tert-OH is 1. The first-order valence-corrected chi connectivity index (χ1v) is 7.42. The van der Waals surface area contributed by atoms with Gasteiger partial charge in [0.15, 0.2) is 0 Å². The quantitative estimate of drug-likeness (QED) is 0.785. The molecule has 1 aliphatic heterocycles. The number of rotatable bonds is 4. The van der Waals surface area contributed by atoms with Crippen LogP contribution in [0.25, 0.3) is 10.9 Å². The molecule has 1 aromatic heterocycles. The van der Waals surface area contributed by atoms with E-state index in [2.05, 4.69) is 4.98 Å². The number of fused-ring (bicyclic) bond motifs is 1. The fourth-order valence-electron chi connectivity index (χ4n) is 3.15. The van der Waals surface area contributed by atoms with Crippen molar-refractivity contribution in [2.24, 2.45) is 5.73 Å². The molecular formula is C16H21N3O2. The van der Waals surface area contributed by atoms with Crippen LogP contribution in [0, 0.1) is 0 Å². The van der Waals surface area contributed by atoms with Crippen LogP contribution in [-0.2, 0) is 11.2 Å². The number of amides is 1. The maximum atomic E-state index is 12.5. The fraction of sp³-hybridized carbons (Fsp3) is 0.438. The van der Waals surface area contributed by atoms with Crippen LogP contribution in [0.4, 0.5) is 0 Å². The molecular weight excluding hydrogens is 266 g/mol. The van der Waals surface area contributed by atoms with E-state index in [0.29, 0.717) is 13.0 Å². The van der Waals surface area contributed by atoms with Crippen molar-refractivity contribution in [3.8, 4) is 0 Å². The van der Waals surface area contributed by atoms with Gasteiger partial charge in [-0.1, -0.05) is 18.2 Å². The number of H-pyrrole nitrogens is 1. The van der Waals surface area contributed by atoms with Crippen molar-refractivity contribution < 1.29 is 9.90 Å². The van der Waals surface area contributed by atoms with Gasteiger partial charge in [-0.3, -0.25) is 4.79 Å². The zero-order valence-electron chi connectivity index (χ0n) is 12.0. The summed E-state index contributed by atoms with van der Waals surface area (Å²) in [7, 11) is 0. The number of nitrogens with zero attached hydrogens (tertiary/aromatic N) is 1. The number of para-hydroxylation sites is 1. The number of carbonyl (C=O) groups excluding carboxylic acids is 1. The van der Waals surface area contributed by atoms with Crippen molar-refractivity contribution in [3.63, 3.8) is 0 Å². The van der Waals surface area contributed by atoms with Crippen LogP contribution in [0.2, 0.25) is 0 Å². The van der Waals surface area contributed by atoms with Crippen LogP contribution in [0.3, 0.4) is 0 Å². The fourth-order valence-corrected chi connectivity index (χ4v) is 3.15. The van der Waals surface area contributed by atoms with E-state index in [9.17, 15) is 9.90 Å². The summed E-state index contributed by atoms with van der Waals surface area (Å²) >= 11 is 0. The lowest BCUT2D eigenvalue weighted by Gasteiger charge is -2.26. The van der Waals surface area contributed by atoms with Gasteiger partial charge in [0.25, 0.3) is 0 Å². The minimum atomic E-state index is -0.559. The average Bonchev–Trinajstić information content (AvgIpc) is 3.13. The minimum absolute atomic E-state index is 0.0194. The highest BCUT2D eigenvalue weighted by atomic mass is 16.3. The molecule has 1 aromatic carbocycles. The number of nitrogens with two attached hydrogens (primary N) is 1. The van der Waals surface area contributed by atoms with E-state index in [-0.39, 0.29) is 18.6 Å². The molecule has 0 saturated carbocycles. The molecule has 0 aliphatic carbocycles. The molecule has 5 nitrogen and oxygen atoms in total. The third kappa shape index (κ3) is 2.66. The first-order valence-electron chi connectivity index (χ1n) is 7.42. The van der Waals surface area contributed by atoms with Crippen molar-refractivity contribution >= 4 is 16.8 Å². The van der Waals surface area contributed by atoms with Gasteiger partial charge in [0.05, 0.1) is 18.7 Å². The Morgan fingerprint density at radius 1 is 1.48 bits per heavy atom. The number of benzene rings is 1. The highest BCUT2D eigenvalue weighted by Crippen LogP contribution is 2.21. The summed E-state index contributed by atoms with van der Waals surface area (Å²) in [5, 5.41) is 10.4. The van der Waals surface area contributed by atoms with Gasteiger partial charge in [0.2, 0.25) is 5.91 Å². The Hall–Kier alpha value is -1.85. The van der Waals surface area contributed by atoms with E-state index in [0.717, 1.165) is 29.3 Å². The summed E-state index contributed by atoms with van der Waals surface area (Å²) in [4.78, 5) is 17.4. The first-order chi connectivity index (χ1) is 10.2. The van der Waals surface area contributed by atoms with Crippen LogP contribution in [-0.4, -0.2) is 46.1 Å². The number of likely N-dealkylation sites (tertiary alicyclic amines) is 1. The standard InChI is InChI=1S/C16H21N3O2/c17-14(16(21)19-7-3-4-12(19)10-20)8-11-9-18-15-6-2-1-5-13(11)15/h1-2,5-6,9,12,14,18,20H,3-4,7-8,10,17H2/t12?,14-/m1/s1. The SMILES string of the molecule is N[C@H](Cc1c[nH]c2ccccc12)C(=O)N1CCCC1CO. The average molecular weight is 287 g/mol. The minimum Gasteiger partial charge on any atom is -0.394 e. The molecule has 5 heteroatoms. The Morgan fingerprint density at radius 2 is 2.29 bits per heavy atom. The normalized spacial score (nSPS) is 20.1. The number of aromatic nitrogens is 1. The van der Waals surface area contributed by atoms with E-state index in [1.807, 2.05) is 30.5 Å². The lowest BCUT2D eigenvalue weighted by molar-refractivity contribution is -0.134. The van der Waals surface area contributed by atoms with Gasteiger partial charge in [0.1, 0.15) is 0 Å². The Kier molecular flexibility index (Phi) is 3.94. The number of hydrogen-bond donors (Lipinski definition) is 3. The molecule has 2 heterocycles. The van der Waals surface area contributed by atoms with Crippen LogP contribution < -0.4 is 5.73 Å². The second kappa shape index (κ2) is 5.87. The van der Waals surface area contributed by atoms with Crippen LogP contribution in [0.15, 0.2) is 30.5 Å². The summed E-state index contributed by atoms with van der Waals surface area (Å²) in [5.41, 5.74) is 8.23. The molecule has 3 rings (SSSR count). The third-order valence-electron chi connectivity index (χ3n) is 4.30. The lowest BCUT2D eigenvalue weighted by Crippen LogP contribution is -2.47. The molecule has 2 aromatic rings. The van der Waals surface area contributed by atoms with Gasteiger partial charge < -0.3 is 20.7 Å². The first kappa shape index (κ1) is 14.1. The predicted octanol–water partition coefficient (Wildman–Crippen LogP) is 1.02. The summed E-state index contributed by atoms with van der Waals surface area (Å²) in [6.07, 6.45) is 4.24. The number of aromatic amines is 1. The van der Waals surface area contributed by atoms with Gasteiger partial charge in [-0.2, -0.15) is 0 Å². The van der Waals surface area contributed by atoms with Gasteiger partial charge in [0, 0.05) is 23.6 Å². The number of carbonyl (C=O) groups is 1. The highest BCUT2D eigenvalue weighted by Gasteiger charge is 2.31. The Labute approximate surface area is 123 Å². The third-order valence-corrected chi connectivity index (χ3v) is 4.30. The van der Waals surface area contributed by atoms with Crippen molar-refractivity contribution in [1.29, 1.82) is 0 Å². The molecule has 1 saturated heterocycles. The molecule has 21 heavy (non-hydrogen) atoms. The van der Waals surface area contributed by atoms with Crippen molar-refractivity contribution in [1.82, 2.24) is 9.88 Å². The number of nitrogens with one attached hydrogen (secondary N) is 1. The summed E-state index contributed by atoms with van der Waals surface area (Å²) in [6.45, 7) is 0.719.